The van der Waals surface area contributed by atoms with Crippen LogP contribution < -0.4 is 5.32 Å². The van der Waals surface area contributed by atoms with E-state index in [-0.39, 0.29) is 0 Å². The molecule has 0 aromatic heterocycles. The van der Waals surface area contributed by atoms with Crippen molar-refractivity contribution in [3.05, 3.63) is 0 Å². The SMILES string of the molecule is CC12CCCCCCCC[C@]1(C)N2. The summed E-state index contributed by atoms with van der Waals surface area (Å²) in [6.45, 7) is 4.82. The van der Waals surface area contributed by atoms with Crippen molar-refractivity contribution in [2.45, 2.75) is 76.3 Å². The molecule has 13 heavy (non-hydrogen) atoms. The third kappa shape index (κ3) is 1.76. The Morgan fingerprint density at radius 2 is 1.08 bits per heavy atom. The van der Waals surface area contributed by atoms with Crippen LogP contribution in [0.3, 0.4) is 0 Å². The lowest BCUT2D eigenvalue weighted by atomic mass is 9.85. The first-order valence-corrected chi connectivity index (χ1v) is 5.96. The number of rotatable bonds is 0. The Hall–Kier alpha value is -0.0400. The molecule has 0 amide bonds. The molecule has 0 aromatic rings. The van der Waals surface area contributed by atoms with Gasteiger partial charge in [-0.05, 0) is 26.7 Å². The van der Waals surface area contributed by atoms with Crippen molar-refractivity contribution in [3.8, 4) is 0 Å². The summed E-state index contributed by atoms with van der Waals surface area (Å²) in [4.78, 5) is 0. The number of hydrogen-bond acceptors (Lipinski definition) is 1. The molecule has 2 rings (SSSR count). The molecule has 1 heterocycles. The van der Waals surface area contributed by atoms with Gasteiger partial charge in [-0.1, -0.05) is 38.5 Å². The molecule has 1 aliphatic carbocycles. The number of fused-ring (bicyclic) bond motifs is 1. The molecule has 1 saturated heterocycles. The first-order valence-electron chi connectivity index (χ1n) is 5.96. The zero-order chi connectivity index (χ0) is 9.36. The highest BCUT2D eigenvalue weighted by Gasteiger charge is 2.58. The summed E-state index contributed by atoms with van der Waals surface area (Å²) < 4.78 is 0. The summed E-state index contributed by atoms with van der Waals surface area (Å²) >= 11 is 0. The molecular formula is C12H23N. The van der Waals surface area contributed by atoms with Gasteiger partial charge < -0.3 is 5.32 Å². The topological polar surface area (TPSA) is 21.9 Å². The molecule has 2 aliphatic rings. The molecule has 1 saturated carbocycles. The molecule has 2 atom stereocenters. The maximum absolute atomic E-state index is 3.72. The van der Waals surface area contributed by atoms with Gasteiger partial charge in [0, 0.05) is 11.1 Å². The van der Waals surface area contributed by atoms with Crippen molar-refractivity contribution in [3.63, 3.8) is 0 Å². The van der Waals surface area contributed by atoms with E-state index in [1.54, 1.807) is 0 Å². The zero-order valence-electron chi connectivity index (χ0n) is 9.16. The molecule has 1 unspecified atom stereocenters. The molecule has 1 aliphatic heterocycles. The predicted octanol–water partition coefficient (Wildman–Crippen LogP) is 3.24. The van der Waals surface area contributed by atoms with Gasteiger partial charge in [0.05, 0.1) is 0 Å². The standard InChI is InChI=1S/C12H23N/c1-11-9-7-5-3-4-6-8-10-12(11,2)13-11/h13H,3-10H2,1-2H3/t11-,12?/m0/s1. The van der Waals surface area contributed by atoms with E-state index in [0.29, 0.717) is 11.1 Å². The maximum atomic E-state index is 3.72. The zero-order valence-corrected chi connectivity index (χ0v) is 9.16. The Morgan fingerprint density at radius 1 is 0.692 bits per heavy atom. The van der Waals surface area contributed by atoms with Gasteiger partial charge in [-0.25, -0.2) is 0 Å². The van der Waals surface area contributed by atoms with Crippen LogP contribution in [0, 0.1) is 0 Å². The first kappa shape index (κ1) is 9.51. The Kier molecular flexibility index (Phi) is 2.39. The monoisotopic (exact) mass is 181 g/mol. The predicted molar refractivity (Wildman–Crippen MR) is 56.9 cm³/mol. The van der Waals surface area contributed by atoms with Gasteiger partial charge in [-0.3, -0.25) is 0 Å². The third-order valence-electron chi connectivity index (χ3n) is 4.31. The largest absolute Gasteiger partial charge is 0.303 e. The lowest BCUT2D eigenvalue weighted by molar-refractivity contribution is 0.435. The molecule has 0 spiro atoms. The lowest BCUT2D eigenvalue weighted by Crippen LogP contribution is -2.20. The normalized spacial score (nSPS) is 46.6. The van der Waals surface area contributed by atoms with Crippen molar-refractivity contribution in [2.24, 2.45) is 0 Å². The van der Waals surface area contributed by atoms with Crippen molar-refractivity contribution in [1.82, 2.24) is 5.32 Å². The summed E-state index contributed by atoms with van der Waals surface area (Å²) in [5.41, 5.74) is 0.981. The third-order valence-corrected chi connectivity index (χ3v) is 4.31. The molecule has 1 N–H and O–H groups in total. The van der Waals surface area contributed by atoms with E-state index < -0.39 is 0 Å². The highest BCUT2D eigenvalue weighted by Crippen LogP contribution is 2.46. The summed E-state index contributed by atoms with van der Waals surface area (Å²) in [5.74, 6) is 0. The maximum Gasteiger partial charge on any atom is 0.0338 e. The van der Waals surface area contributed by atoms with Gasteiger partial charge in [0.1, 0.15) is 0 Å². The van der Waals surface area contributed by atoms with Gasteiger partial charge in [0.2, 0.25) is 0 Å². The second-order valence-electron chi connectivity index (χ2n) is 5.41. The van der Waals surface area contributed by atoms with E-state index in [0.717, 1.165) is 0 Å². The average molecular weight is 181 g/mol. The van der Waals surface area contributed by atoms with Gasteiger partial charge in [-0.15, -0.1) is 0 Å². The first-order chi connectivity index (χ1) is 6.16. The Morgan fingerprint density at radius 3 is 1.54 bits per heavy atom. The quantitative estimate of drug-likeness (QED) is 0.569. The van der Waals surface area contributed by atoms with Crippen molar-refractivity contribution >= 4 is 0 Å². The highest BCUT2D eigenvalue weighted by atomic mass is 15.3. The van der Waals surface area contributed by atoms with Crippen molar-refractivity contribution in [2.75, 3.05) is 0 Å². The average Bonchev–Trinajstić information content (AvgIpc) is 2.62. The Balaban J connectivity index is 1.92. The molecule has 1 heteroatoms. The molecule has 76 valence electrons. The van der Waals surface area contributed by atoms with Crippen LogP contribution in [0.15, 0.2) is 0 Å². The van der Waals surface area contributed by atoms with Gasteiger partial charge in [0.15, 0.2) is 0 Å². The number of hydrogen-bond donors (Lipinski definition) is 1. The smallest absolute Gasteiger partial charge is 0.0338 e. The van der Waals surface area contributed by atoms with Crippen LogP contribution in [0.2, 0.25) is 0 Å². The molecule has 0 radical (unpaired) electrons. The second kappa shape index (κ2) is 3.27. The summed E-state index contributed by atoms with van der Waals surface area (Å²) in [7, 11) is 0. The van der Waals surface area contributed by atoms with E-state index in [9.17, 15) is 0 Å². The molecular weight excluding hydrogens is 158 g/mol. The van der Waals surface area contributed by atoms with E-state index in [2.05, 4.69) is 19.2 Å². The van der Waals surface area contributed by atoms with Crippen LogP contribution in [-0.2, 0) is 0 Å². The molecule has 0 aromatic carbocycles. The minimum absolute atomic E-state index is 0.490. The summed E-state index contributed by atoms with van der Waals surface area (Å²) in [5, 5.41) is 3.72. The van der Waals surface area contributed by atoms with Gasteiger partial charge >= 0.3 is 0 Å². The van der Waals surface area contributed by atoms with E-state index in [1.807, 2.05) is 0 Å². The Bertz CT molecular complexity index is 170. The van der Waals surface area contributed by atoms with Crippen molar-refractivity contribution in [1.29, 1.82) is 0 Å². The highest BCUT2D eigenvalue weighted by molar-refractivity contribution is 5.21. The number of nitrogens with one attached hydrogen (secondary N) is 1. The van der Waals surface area contributed by atoms with Crippen LogP contribution in [0.4, 0.5) is 0 Å². The van der Waals surface area contributed by atoms with Crippen LogP contribution in [0.5, 0.6) is 0 Å². The van der Waals surface area contributed by atoms with Gasteiger partial charge in [-0.2, -0.15) is 0 Å². The Labute approximate surface area is 82.3 Å². The van der Waals surface area contributed by atoms with Crippen LogP contribution in [0.1, 0.15) is 65.2 Å². The van der Waals surface area contributed by atoms with Gasteiger partial charge in [0.25, 0.3) is 0 Å². The fraction of sp³-hybridized carbons (Fsp3) is 1.00. The molecule has 0 bridgehead atoms. The van der Waals surface area contributed by atoms with E-state index in [4.69, 9.17) is 0 Å². The van der Waals surface area contributed by atoms with E-state index in [1.165, 1.54) is 51.4 Å². The summed E-state index contributed by atoms with van der Waals surface area (Å²) in [6.07, 6.45) is 11.5. The van der Waals surface area contributed by atoms with Crippen LogP contribution in [-0.4, -0.2) is 11.1 Å². The minimum atomic E-state index is 0.490. The van der Waals surface area contributed by atoms with Crippen LogP contribution >= 0.6 is 0 Å². The molecule has 1 nitrogen and oxygen atoms in total. The van der Waals surface area contributed by atoms with Crippen molar-refractivity contribution < 1.29 is 0 Å². The lowest BCUT2D eigenvalue weighted by Gasteiger charge is -2.17. The van der Waals surface area contributed by atoms with E-state index >= 15 is 0 Å². The van der Waals surface area contributed by atoms with Crippen LogP contribution in [0.25, 0.3) is 0 Å². The second-order valence-corrected chi connectivity index (χ2v) is 5.41. The molecule has 2 fully saturated rings. The summed E-state index contributed by atoms with van der Waals surface area (Å²) in [6, 6.07) is 0. The minimum Gasteiger partial charge on any atom is -0.303 e. The fourth-order valence-electron chi connectivity index (χ4n) is 2.92. The fourth-order valence-corrected chi connectivity index (χ4v) is 2.92.